The first-order chi connectivity index (χ1) is 11.1. The first kappa shape index (κ1) is 16.2. The number of oxazole rings is 1. The molecular formula is C15H20N2O5S. The lowest BCUT2D eigenvalue weighted by Gasteiger charge is -2.29. The molecule has 2 aromatic rings. The van der Waals surface area contributed by atoms with E-state index in [1.54, 1.807) is 25.3 Å². The topological polar surface area (TPSA) is 90.7 Å². The Labute approximate surface area is 135 Å². The molecule has 1 atom stereocenters. The third-order valence-corrected chi connectivity index (χ3v) is 5.40. The van der Waals surface area contributed by atoms with Gasteiger partial charge in [0.2, 0.25) is 10.0 Å². The number of anilines is 1. The number of rotatable bonds is 6. The van der Waals surface area contributed by atoms with E-state index in [4.69, 9.17) is 13.9 Å². The zero-order valence-corrected chi connectivity index (χ0v) is 13.7. The van der Waals surface area contributed by atoms with Crippen LogP contribution in [0.3, 0.4) is 0 Å². The van der Waals surface area contributed by atoms with Crippen molar-refractivity contribution < 1.29 is 22.3 Å². The van der Waals surface area contributed by atoms with Crippen LogP contribution in [-0.4, -0.2) is 45.6 Å². The van der Waals surface area contributed by atoms with Crippen LogP contribution in [0.5, 0.6) is 0 Å². The van der Waals surface area contributed by atoms with E-state index in [9.17, 15) is 8.42 Å². The van der Waals surface area contributed by atoms with E-state index in [-0.39, 0.29) is 17.8 Å². The van der Waals surface area contributed by atoms with Crippen LogP contribution in [0.1, 0.15) is 12.8 Å². The van der Waals surface area contributed by atoms with Crippen molar-refractivity contribution in [2.45, 2.75) is 18.9 Å². The summed E-state index contributed by atoms with van der Waals surface area (Å²) < 4.78 is 43.5. The van der Waals surface area contributed by atoms with Gasteiger partial charge < -0.3 is 13.9 Å². The Balaban J connectivity index is 1.74. The average Bonchev–Trinajstić information content (AvgIpc) is 3.03. The van der Waals surface area contributed by atoms with E-state index in [1.807, 2.05) is 0 Å². The Hall–Kier alpha value is -1.64. The smallest absolute Gasteiger partial charge is 0.235 e. The normalized spacial score (nSPS) is 18.1. The van der Waals surface area contributed by atoms with Crippen LogP contribution in [0.4, 0.5) is 5.69 Å². The first-order valence-electron chi connectivity index (χ1n) is 7.52. The number of fused-ring (bicyclic) bond motifs is 1. The maximum absolute atomic E-state index is 12.5. The minimum Gasteiger partial charge on any atom is -0.443 e. The minimum absolute atomic E-state index is 0.0948. The highest BCUT2D eigenvalue weighted by atomic mass is 32.2. The quantitative estimate of drug-likeness (QED) is 0.865. The number of nitrogens with zero attached hydrogens (tertiary/aromatic N) is 1. The van der Waals surface area contributed by atoms with Gasteiger partial charge in [-0.05, 0) is 30.9 Å². The van der Waals surface area contributed by atoms with E-state index < -0.39 is 10.0 Å². The molecule has 1 fully saturated rings. The summed E-state index contributed by atoms with van der Waals surface area (Å²) in [4.78, 5) is 4.05. The summed E-state index contributed by atoms with van der Waals surface area (Å²) in [5, 5.41) is 0. The maximum atomic E-state index is 12.5. The van der Waals surface area contributed by atoms with E-state index in [2.05, 4.69) is 9.71 Å². The molecule has 0 saturated carbocycles. The Morgan fingerprint density at radius 2 is 2.17 bits per heavy atom. The molecule has 1 aliphatic rings. The van der Waals surface area contributed by atoms with Crippen LogP contribution in [0, 0.1) is 5.92 Å². The highest BCUT2D eigenvalue weighted by Crippen LogP contribution is 2.25. The van der Waals surface area contributed by atoms with Gasteiger partial charge in [0, 0.05) is 20.3 Å². The number of hydrogen-bond donors (Lipinski definition) is 1. The summed E-state index contributed by atoms with van der Waals surface area (Å²) in [6.45, 7) is 1.30. The number of benzene rings is 1. The number of methoxy groups -OCH3 is 1. The molecular weight excluding hydrogens is 320 g/mol. The largest absolute Gasteiger partial charge is 0.443 e. The number of para-hydroxylation sites is 1. The maximum Gasteiger partial charge on any atom is 0.235 e. The number of hydrogen-bond acceptors (Lipinski definition) is 6. The van der Waals surface area contributed by atoms with Gasteiger partial charge in [0.15, 0.2) is 12.0 Å². The van der Waals surface area contributed by atoms with Crippen LogP contribution >= 0.6 is 0 Å². The Morgan fingerprint density at radius 1 is 1.39 bits per heavy atom. The molecule has 1 aromatic heterocycles. The summed E-state index contributed by atoms with van der Waals surface area (Å²) in [7, 11) is -2.01. The Bertz CT molecular complexity index is 752. The molecule has 1 saturated heterocycles. The molecule has 8 heteroatoms. The highest BCUT2D eigenvalue weighted by molar-refractivity contribution is 7.92. The molecule has 3 rings (SSSR count). The number of aromatic nitrogens is 1. The van der Waals surface area contributed by atoms with Crippen molar-refractivity contribution in [1.29, 1.82) is 0 Å². The zero-order valence-electron chi connectivity index (χ0n) is 12.9. The van der Waals surface area contributed by atoms with Gasteiger partial charge in [-0.25, -0.2) is 13.4 Å². The molecule has 0 bridgehead atoms. The summed E-state index contributed by atoms with van der Waals surface area (Å²) in [5.41, 5.74) is 1.45. The van der Waals surface area contributed by atoms with E-state index in [0.29, 0.717) is 30.0 Å². The van der Waals surface area contributed by atoms with Crippen molar-refractivity contribution in [3.05, 3.63) is 24.6 Å². The monoisotopic (exact) mass is 340 g/mol. The van der Waals surface area contributed by atoms with Crippen molar-refractivity contribution in [3.63, 3.8) is 0 Å². The summed E-state index contributed by atoms with van der Waals surface area (Å²) in [5.74, 6) is 0.0933. The molecule has 0 spiro atoms. The fraction of sp³-hybridized carbons (Fsp3) is 0.533. The predicted molar refractivity (Wildman–Crippen MR) is 85.8 cm³/mol. The molecule has 2 heterocycles. The van der Waals surface area contributed by atoms with E-state index in [0.717, 1.165) is 12.8 Å². The van der Waals surface area contributed by atoms with Crippen LogP contribution in [0.2, 0.25) is 0 Å². The Morgan fingerprint density at radius 3 is 2.91 bits per heavy atom. The van der Waals surface area contributed by atoms with Crippen molar-refractivity contribution in [2.24, 2.45) is 5.92 Å². The first-order valence-corrected chi connectivity index (χ1v) is 9.17. The average molecular weight is 340 g/mol. The van der Waals surface area contributed by atoms with Gasteiger partial charge in [-0.3, -0.25) is 4.72 Å². The molecule has 126 valence electrons. The fourth-order valence-electron chi connectivity index (χ4n) is 2.88. The molecule has 0 aliphatic carbocycles. The summed E-state index contributed by atoms with van der Waals surface area (Å²) in [6.07, 6.45) is 2.57. The van der Waals surface area contributed by atoms with Crippen LogP contribution in [0.25, 0.3) is 11.1 Å². The lowest BCUT2D eigenvalue weighted by atomic mass is 9.95. The van der Waals surface area contributed by atoms with Gasteiger partial charge >= 0.3 is 0 Å². The van der Waals surface area contributed by atoms with Crippen LogP contribution in [-0.2, 0) is 19.5 Å². The molecule has 1 unspecified atom stereocenters. The molecule has 1 N–H and O–H groups in total. The number of nitrogens with one attached hydrogen (secondary N) is 1. The minimum atomic E-state index is -3.56. The lowest BCUT2D eigenvalue weighted by molar-refractivity contribution is -0.00318. The zero-order chi connectivity index (χ0) is 16.3. The SMILES string of the molecule is COC(CS(=O)(=O)Nc1cccc2ocnc12)C1CCOCC1. The molecule has 0 amide bonds. The number of sulfonamides is 1. The second-order valence-electron chi connectivity index (χ2n) is 5.61. The third kappa shape index (κ3) is 3.82. The Kier molecular flexibility index (Phi) is 4.84. The molecule has 23 heavy (non-hydrogen) atoms. The van der Waals surface area contributed by atoms with Crippen molar-refractivity contribution >= 4 is 26.8 Å². The van der Waals surface area contributed by atoms with E-state index in [1.165, 1.54) is 6.39 Å². The van der Waals surface area contributed by atoms with Crippen molar-refractivity contribution in [3.8, 4) is 0 Å². The van der Waals surface area contributed by atoms with Gasteiger partial charge in [-0.2, -0.15) is 0 Å². The molecule has 0 radical (unpaired) electrons. The molecule has 1 aliphatic heterocycles. The van der Waals surface area contributed by atoms with Crippen LogP contribution in [0.15, 0.2) is 29.0 Å². The third-order valence-electron chi connectivity index (χ3n) is 4.10. The van der Waals surface area contributed by atoms with Gasteiger partial charge in [0.25, 0.3) is 0 Å². The van der Waals surface area contributed by atoms with Gasteiger partial charge in [0.05, 0.1) is 17.5 Å². The summed E-state index contributed by atoms with van der Waals surface area (Å²) in [6, 6.07) is 5.12. The second kappa shape index (κ2) is 6.86. The van der Waals surface area contributed by atoms with Gasteiger partial charge in [-0.1, -0.05) is 6.07 Å². The van der Waals surface area contributed by atoms with Gasteiger partial charge in [0.1, 0.15) is 5.52 Å². The predicted octanol–water partition coefficient (Wildman–Crippen LogP) is 2.01. The van der Waals surface area contributed by atoms with Crippen molar-refractivity contribution in [1.82, 2.24) is 4.98 Å². The summed E-state index contributed by atoms with van der Waals surface area (Å²) >= 11 is 0. The van der Waals surface area contributed by atoms with E-state index >= 15 is 0 Å². The molecule has 1 aromatic carbocycles. The van der Waals surface area contributed by atoms with Crippen LogP contribution < -0.4 is 4.72 Å². The number of ether oxygens (including phenoxy) is 2. The van der Waals surface area contributed by atoms with Crippen molar-refractivity contribution in [2.75, 3.05) is 30.8 Å². The van der Waals surface area contributed by atoms with Gasteiger partial charge in [-0.15, -0.1) is 0 Å². The standard InChI is InChI=1S/C15H20N2O5S/c1-20-14(11-5-7-21-8-6-11)9-23(18,19)17-12-3-2-4-13-15(12)16-10-22-13/h2-4,10-11,14,17H,5-9H2,1H3. The molecule has 7 nitrogen and oxygen atoms in total. The second-order valence-corrected chi connectivity index (χ2v) is 7.38. The lowest BCUT2D eigenvalue weighted by Crippen LogP contribution is -2.36. The highest BCUT2D eigenvalue weighted by Gasteiger charge is 2.29. The fourth-order valence-corrected chi connectivity index (χ4v) is 4.30.